The zero-order chi connectivity index (χ0) is 83.5. The minimum absolute atomic E-state index is 0.0196. The Morgan fingerprint density at radius 3 is 1.70 bits per heavy atom. The smallest absolute Gasteiger partial charge is 0.409 e. The summed E-state index contributed by atoms with van der Waals surface area (Å²) in [4.78, 5) is 83.1. The Balaban J connectivity index is 0.762. The van der Waals surface area contributed by atoms with Crippen molar-refractivity contribution in [3.05, 3.63) is 216 Å². The molecular weight excluding hydrogens is 1550 g/mol. The number of Topliss-reactive ketones (excluding diaryl/α,β-unsaturated/α-hetero) is 1. The van der Waals surface area contributed by atoms with Crippen molar-refractivity contribution in [1.29, 1.82) is 10.5 Å². The number of amides is 3. The topological polar surface area (TPSA) is 335 Å². The Morgan fingerprint density at radius 1 is 0.597 bits per heavy atom. The fourth-order valence-electron chi connectivity index (χ4n) is 15.1. The Morgan fingerprint density at radius 2 is 1.13 bits per heavy atom. The number of nitrogens with one attached hydrogen (secondary N) is 2. The Labute approximate surface area is 694 Å². The number of carbonyl (C=O) groups excluding carboxylic acids is 4. The van der Waals surface area contributed by atoms with Crippen molar-refractivity contribution in [1.82, 2.24) is 48.6 Å². The van der Waals surface area contributed by atoms with E-state index in [4.69, 9.17) is 66.0 Å². The number of fused-ring (bicyclic) bond motifs is 5. The maximum atomic E-state index is 14.0. The van der Waals surface area contributed by atoms with Crippen LogP contribution >= 0.6 is 17.1 Å². The van der Waals surface area contributed by atoms with Crippen LogP contribution in [0.3, 0.4) is 0 Å². The summed E-state index contributed by atoms with van der Waals surface area (Å²) in [6.07, 6.45) is 3.34. The van der Waals surface area contributed by atoms with Gasteiger partial charge in [-0.2, -0.15) is 10.5 Å². The molecule has 2 fully saturated rings. The lowest BCUT2D eigenvalue weighted by molar-refractivity contribution is -0.119. The molecule has 6 aromatic carbocycles. The van der Waals surface area contributed by atoms with Gasteiger partial charge < -0.3 is 66.6 Å². The normalized spacial score (nSPS) is 17.6. The third kappa shape index (κ3) is 20.8. The zero-order valence-electron chi connectivity index (χ0n) is 68.2. The molecule has 622 valence electrons. The lowest BCUT2D eigenvalue weighted by Crippen LogP contribution is -2.38. The Kier molecular flexibility index (Phi) is 29.6. The van der Waals surface area contributed by atoms with Gasteiger partial charge in [0.25, 0.3) is 14.4 Å². The lowest BCUT2D eigenvalue weighted by atomic mass is 9.80. The molecule has 13 rings (SSSR count). The number of hydrogen-bond donors (Lipinski definition) is 2. The van der Waals surface area contributed by atoms with Crippen LogP contribution in [0.15, 0.2) is 177 Å². The van der Waals surface area contributed by atoms with E-state index < -0.39 is 71.6 Å². The number of benzene rings is 6. The molecule has 1 aliphatic carbocycles. The number of ketones is 1. The van der Waals surface area contributed by atoms with E-state index in [1.807, 2.05) is 143 Å². The van der Waals surface area contributed by atoms with Gasteiger partial charge in [-0.05, 0) is 134 Å². The minimum Gasteiger partial charge on any atom is -0.497 e. The second-order valence-electron chi connectivity index (χ2n) is 30.2. The molecular formula is C88H100N14O15P2. The predicted molar refractivity (Wildman–Crippen MR) is 447 cm³/mol. The van der Waals surface area contributed by atoms with Crippen molar-refractivity contribution in [2.24, 2.45) is 5.92 Å². The molecule has 0 spiro atoms. The zero-order valence-corrected chi connectivity index (χ0v) is 70.0. The molecule has 10 aromatic rings. The molecule has 31 heteroatoms. The fraction of sp³-hybridized carbons (Fsp3) is 0.409. The average Bonchev–Trinajstić information content (AvgIpc) is 1.28. The molecule has 0 radical (unpaired) electrons. The van der Waals surface area contributed by atoms with E-state index >= 15 is 0 Å². The van der Waals surface area contributed by atoms with E-state index in [0.29, 0.717) is 60.0 Å². The molecule has 119 heavy (non-hydrogen) atoms. The molecule has 0 bridgehead atoms. The van der Waals surface area contributed by atoms with E-state index in [1.165, 1.54) is 17.6 Å². The Bertz CT molecular complexity index is 5070. The number of nitriles is 2. The molecule has 4 aromatic heterocycles. The van der Waals surface area contributed by atoms with Gasteiger partial charge in [-0.15, -0.1) is 0 Å². The highest BCUT2D eigenvalue weighted by Crippen LogP contribution is 2.53. The molecule has 2 N–H and O–H groups in total. The van der Waals surface area contributed by atoms with Crippen LogP contribution in [-0.4, -0.2) is 170 Å². The number of aryl methyl sites for hydroxylation is 1. The number of hydrogen-bond acceptors (Lipinski definition) is 24. The number of imidazole rings is 2. The van der Waals surface area contributed by atoms with Crippen LogP contribution in [0.25, 0.3) is 33.5 Å². The van der Waals surface area contributed by atoms with Gasteiger partial charge >= 0.3 is 14.7 Å². The SMILES string of the molecule is COc1ccc(C(OC[C@H]2O[C@@H](n3cnc4c(NC(=O)c5ccc(CCC(=O)CCC(C)C)cc5)ncnc43)CC2OP(OCCC#N)OC[C@H]2O[C@@H](n3cnc4c(NC(=O)CCCN(C)C(=O)OCC5c6ccccc6-c6ccccc65)ncnc43)CC2OP(OCCC#N)N(C(C)C)C(C)C)(c2ccccc2)c2ccc(OC)cc2)cc1. The standard InChI is InChI=1S/C88H100N14O15P2/c1-57(2)27-37-65(103)38-30-60-28-31-61(32-29-60)86(105)98-83-81-85(94-54-92-83)101(56-96-81)79-49-74(75(114-79)51-110-88(62-20-11-10-12-21-62,63-33-39-66(107-8)40-34-63)64-35-41-67(108-9)42-36-64)117-119(112-47-19-44-90)113-52-76-73(116-118(111-46-18-43-89)102(58(3)4)59(5)6)48-78(115-76)100-55-95-80-82(91-53-93-84(80)100)97-77(104)26-17-45-99(7)87(106)109-50-72-70-24-15-13-22-68(70)69-23-14-16-25-71(69)72/h10-16,20-25,28-29,31-36,39-42,53-59,72-76,78-79H,17-19,26-27,30,37-38,45-52H2,1-9H3,(H,91,93,97,104)(H,92,94,98,105)/t73?,74?,75-,76-,78-,79-,118?,119?/m1/s1. The summed E-state index contributed by atoms with van der Waals surface area (Å²) in [6, 6.07) is 52.9. The molecule has 2 saturated heterocycles. The van der Waals surface area contributed by atoms with Crippen LogP contribution in [0.1, 0.15) is 161 Å². The molecule has 2 aliphatic heterocycles. The van der Waals surface area contributed by atoms with Gasteiger partial charge in [0.1, 0.15) is 66.8 Å². The molecule has 4 unspecified atom stereocenters. The number of ether oxygens (including phenoxy) is 6. The summed E-state index contributed by atoms with van der Waals surface area (Å²) in [7, 11) is 0.580. The van der Waals surface area contributed by atoms with Crippen molar-refractivity contribution in [3.8, 4) is 34.8 Å². The first-order valence-electron chi connectivity index (χ1n) is 40.1. The highest BCUT2D eigenvalue weighted by atomic mass is 31.2. The summed E-state index contributed by atoms with van der Waals surface area (Å²) in [5.41, 5.74) is 8.06. The number of nitrogens with zero attached hydrogens (tertiary/aromatic N) is 12. The maximum Gasteiger partial charge on any atom is 0.409 e. The van der Waals surface area contributed by atoms with E-state index in [1.54, 1.807) is 55.2 Å². The van der Waals surface area contributed by atoms with E-state index in [2.05, 4.69) is 80.5 Å². The van der Waals surface area contributed by atoms with Gasteiger partial charge in [0.15, 0.2) is 34.0 Å². The average molecular weight is 1660 g/mol. The van der Waals surface area contributed by atoms with Gasteiger partial charge in [0.05, 0.1) is 90.5 Å². The summed E-state index contributed by atoms with van der Waals surface area (Å²) in [5.74, 6) is 1.36. The second kappa shape index (κ2) is 40.9. The van der Waals surface area contributed by atoms with Crippen LogP contribution in [0.5, 0.6) is 11.5 Å². The number of aromatic nitrogens is 8. The first kappa shape index (κ1) is 86.2. The summed E-state index contributed by atoms with van der Waals surface area (Å²) >= 11 is 0. The van der Waals surface area contributed by atoms with Crippen molar-refractivity contribution in [2.75, 3.05) is 71.5 Å². The third-order valence-electron chi connectivity index (χ3n) is 21.1. The number of anilines is 2. The predicted octanol–water partition coefficient (Wildman–Crippen LogP) is 16.3. The van der Waals surface area contributed by atoms with Gasteiger partial charge in [-0.25, -0.2) is 39.4 Å². The number of carbonyl (C=O) groups is 4. The molecule has 0 saturated carbocycles. The second-order valence-corrected chi connectivity index (χ2v) is 32.8. The monoisotopic (exact) mass is 1650 g/mol. The van der Waals surface area contributed by atoms with Gasteiger partial charge in [0, 0.05) is 69.3 Å². The van der Waals surface area contributed by atoms with Gasteiger partial charge in [-0.1, -0.05) is 129 Å². The quantitative estimate of drug-likeness (QED) is 0.0204. The molecule has 3 amide bonds. The van der Waals surface area contributed by atoms with Crippen LogP contribution in [0, 0.1) is 28.6 Å². The summed E-state index contributed by atoms with van der Waals surface area (Å²) in [5, 5.41) is 25.6. The highest BCUT2D eigenvalue weighted by molar-refractivity contribution is 7.44. The first-order valence-corrected chi connectivity index (χ1v) is 42.3. The van der Waals surface area contributed by atoms with Crippen LogP contribution in [0.2, 0.25) is 0 Å². The van der Waals surface area contributed by atoms with Crippen LogP contribution < -0.4 is 20.1 Å². The van der Waals surface area contributed by atoms with E-state index in [9.17, 15) is 29.7 Å². The van der Waals surface area contributed by atoms with Crippen molar-refractivity contribution >= 4 is 74.8 Å². The molecule has 6 heterocycles. The van der Waals surface area contributed by atoms with Crippen molar-refractivity contribution < 1.29 is 70.2 Å². The van der Waals surface area contributed by atoms with E-state index in [0.717, 1.165) is 50.9 Å². The minimum atomic E-state index is -2.42. The third-order valence-corrected chi connectivity index (χ3v) is 24.5. The molecule has 3 aliphatic rings. The first-order chi connectivity index (χ1) is 57.8. The van der Waals surface area contributed by atoms with E-state index in [-0.39, 0.29) is 124 Å². The summed E-state index contributed by atoms with van der Waals surface area (Å²) in [6.45, 7) is 12.5. The Hall–Kier alpha value is -10.6. The number of methoxy groups -OCH3 is 2. The maximum absolute atomic E-state index is 14.0. The van der Waals surface area contributed by atoms with Gasteiger partial charge in [-0.3, -0.25) is 23.5 Å². The summed E-state index contributed by atoms with van der Waals surface area (Å²) < 4.78 is 78.8. The fourth-order valence-corrected chi connectivity index (χ4v) is 18.0. The van der Waals surface area contributed by atoms with Crippen molar-refractivity contribution in [3.63, 3.8) is 0 Å². The van der Waals surface area contributed by atoms with Crippen LogP contribution in [0.4, 0.5) is 16.4 Å². The molecule has 29 nitrogen and oxygen atoms in total. The number of rotatable bonds is 41. The highest BCUT2D eigenvalue weighted by Gasteiger charge is 2.47. The van der Waals surface area contributed by atoms with Gasteiger partial charge in [0.2, 0.25) is 5.91 Å². The van der Waals surface area contributed by atoms with Crippen LogP contribution in [-0.2, 0) is 63.2 Å². The van der Waals surface area contributed by atoms with Crippen molar-refractivity contribution in [2.45, 2.75) is 166 Å². The molecule has 8 atom stereocenters. The lowest BCUT2D eigenvalue weighted by Gasteiger charge is -2.37. The largest absolute Gasteiger partial charge is 0.497 e.